The topological polar surface area (TPSA) is 50.2 Å². The van der Waals surface area contributed by atoms with Gasteiger partial charge in [-0.3, -0.25) is 9.48 Å². The van der Waals surface area contributed by atoms with E-state index in [-0.39, 0.29) is 5.91 Å². The quantitative estimate of drug-likeness (QED) is 0.868. The van der Waals surface area contributed by atoms with Crippen LogP contribution in [0.15, 0.2) is 24.4 Å². The Bertz CT molecular complexity index is 537. The highest BCUT2D eigenvalue weighted by Crippen LogP contribution is 2.25. The number of allylic oxidation sites excluding steroid dienone is 2. The highest BCUT2D eigenvalue weighted by Gasteiger charge is 2.24. The number of rotatable bonds is 4. The standard InChI is InChI=1S/C17H26N4O/c1-18-17(22)16-9-11-21(19-16)15-8-5-10-20(13-15)12-14-6-3-2-4-7-14/h2-3,9,11,14-15H,4-8,10,12-13H2,1H3,(H,18,22). The molecule has 1 saturated heterocycles. The summed E-state index contributed by atoms with van der Waals surface area (Å²) in [5.41, 5.74) is 0.511. The van der Waals surface area contributed by atoms with Crippen molar-refractivity contribution < 1.29 is 4.79 Å². The molecule has 1 aliphatic carbocycles. The fourth-order valence-corrected chi connectivity index (χ4v) is 3.59. The van der Waals surface area contributed by atoms with E-state index in [0.29, 0.717) is 11.7 Å². The van der Waals surface area contributed by atoms with Crippen LogP contribution in [0.2, 0.25) is 0 Å². The van der Waals surface area contributed by atoms with Gasteiger partial charge in [0.25, 0.3) is 5.91 Å². The maximum atomic E-state index is 11.6. The number of carbonyl (C=O) groups is 1. The highest BCUT2D eigenvalue weighted by molar-refractivity contribution is 5.91. The van der Waals surface area contributed by atoms with E-state index in [1.165, 1.54) is 38.8 Å². The maximum Gasteiger partial charge on any atom is 0.271 e. The second kappa shape index (κ2) is 7.09. The Morgan fingerprint density at radius 1 is 1.41 bits per heavy atom. The number of amides is 1. The van der Waals surface area contributed by atoms with Crippen LogP contribution < -0.4 is 5.32 Å². The molecule has 3 rings (SSSR count). The van der Waals surface area contributed by atoms with Crippen molar-refractivity contribution >= 4 is 5.91 Å². The van der Waals surface area contributed by atoms with Crippen LogP contribution >= 0.6 is 0 Å². The van der Waals surface area contributed by atoms with Crippen molar-refractivity contribution in [3.8, 4) is 0 Å². The van der Waals surface area contributed by atoms with Gasteiger partial charge in [0.15, 0.2) is 0 Å². The van der Waals surface area contributed by atoms with Crippen molar-refractivity contribution in [2.24, 2.45) is 5.92 Å². The molecule has 0 saturated carbocycles. The van der Waals surface area contributed by atoms with Crippen LogP contribution in [0.3, 0.4) is 0 Å². The van der Waals surface area contributed by atoms with E-state index in [1.807, 2.05) is 16.9 Å². The van der Waals surface area contributed by atoms with Gasteiger partial charge in [-0.25, -0.2) is 0 Å². The largest absolute Gasteiger partial charge is 0.354 e. The molecule has 0 radical (unpaired) electrons. The van der Waals surface area contributed by atoms with E-state index < -0.39 is 0 Å². The lowest BCUT2D eigenvalue weighted by Crippen LogP contribution is -2.39. The lowest BCUT2D eigenvalue weighted by atomic mass is 9.93. The molecule has 0 spiro atoms. The second-order valence-electron chi connectivity index (χ2n) is 6.47. The van der Waals surface area contributed by atoms with Gasteiger partial charge in [0.1, 0.15) is 5.69 Å². The third-order valence-corrected chi connectivity index (χ3v) is 4.82. The molecule has 2 aliphatic rings. The number of likely N-dealkylation sites (tertiary alicyclic amines) is 1. The van der Waals surface area contributed by atoms with E-state index >= 15 is 0 Å². The first-order valence-corrected chi connectivity index (χ1v) is 8.41. The number of carbonyl (C=O) groups excluding carboxylic acids is 1. The smallest absolute Gasteiger partial charge is 0.271 e. The van der Waals surface area contributed by atoms with E-state index in [9.17, 15) is 4.79 Å². The third kappa shape index (κ3) is 3.58. The van der Waals surface area contributed by atoms with Crippen LogP contribution in [-0.2, 0) is 0 Å². The van der Waals surface area contributed by atoms with Crippen molar-refractivity contribution in [2.45, 2.75) is 38.1 Å². The molecule has 2 heterocycles. The Morgan fingerprint density at radius 2 is 2.32 bits per heavy atom. The number of nitrogens with zero attached hydrogens (tertiary/aromatic N) is 3. The predicted octanol–water partition coefficient (Wildman–Crippen LogP) is 2.24. The Morgan fingerprint density at radius 3 is 3.09 bits per heavy atom. The lowest BCUT2D eigenvalue weighted by molar-refractivity contribution is 0.0955. The number of piperidine rings is 1. The zero-order valence-corrected chi connectivity index (χ0v) is 13.4. The molecule has 1 aromatic heterocycles. The minimum Gasteiger partial charge on any atom is -0.354 e. The summed E-state index contributed by atoms with van der Waals surface area (Å²) >= 11 is 0. The Hall–Kier alpha value is -1.62. The molecule has 2 atom stereocenters. The van der Waals surface area contributed by atoms with Crippen molar-refractivity contribution in [1.29, 1.82) is 0 Å². The summed E-state index contributed by atoms with van der Waals surface area (Å²) in [5.74, 6) is 0.697. The van der Waals surface area contributed by atoms with Gasteiger partial charge >= 0.3 is 0 Å². The second-order valence-corrected chi connectivity index (χ2v) is 6.47. The minimum absolute atomic E-state index is 0.111. The van der Waals surface area contributed by atoms with E-state index in [4.69, 9.17) is 0 Å². The first-order valence-electron chi connectivity index (χ1n) is 8.41. The average Bonchev–Trinajstić information content (AvgIpc) is 3.05. The van der Waals surface area contributed by atoms with Crippen LogP contribution in [-0.4, -0.2) is 47.3 Å². The van der Waals surface area contributed by atoms with E-state index in [1.54, 1.807) is 7.05 Å². The first-order chi connectivity index (χ1) is 10.8. The van der Waals surface area contributed by atoms with Crippen molar-refractivity contribution in [2.75, 3.05) is 26.7 Å². The molecule has 1 aromatic rings. The van der Waals surface area contributed by atoms with Crippen LogP contribution in [0.25, 0.3) is 0 Å². The summed E-state index contributed by atoms with van der Waals surface area (Å²) in [6.07, 6.45) is 12.7. The molecule has 5 heteroatoms. The summed E-state index contributed by atoms with van der Waals surface area (Å²) in [6.45, 7) is 3.44. The fourth-order valence-electron chi connectivity index (χ4n) is 3.59. The van der Waals surface area contributed by atoms with Crippen LogP contribution in [0.1, 0.15) is 48.6 Å². The number of hydrogen-bond donors (Lipinski definition) is 1. The Balaban J connectivity index is 1.59. The SMILES string of the molecule is CNC(=O)c1ccn(C2CCCN(CC3CC=CCC3)C2)n1. The molecular formula is C17H26N4O. The Kier molecular flexibility index (Phi) is 4.93. The molecule has 1 fully saturated rings. The summed E-state index contributed by atoms with van der Waals surface area (Å²) < 4.78 is 1.98. The summed E-state index contributed by atoms with van der Waals surface area (Å²) in [4.78, 5) is 14.2. The number of nitrogens with one attached hydrogen (secondary N) is 1. The molecule has 5 nitrogen and oxygen atoms in total. The van der Waals surface area contributed by atoms with Gasteiger partial charge in [-0.1, -0.05) is 12.2 Å². The van der Waals surface area contributed by atoms with Gasteiger partial charge in [-0.2, -0.15) is 5.10 Å². The van der Waals surface area contributed by atoms with Crippen LogP contribution in [0.5, 0.6) is 0 Å². The summed E-state index contributed by atoms with van der Waals surface area (Å²) in [6, 6.07) is 2.20. The van der Waals surface area contributed by atoms with Crippen LogP contribution in [0, 0.1) is 5.92 Å². The number of hydrogen-bond acceptors (Lipinski definition) is 3. The highest BCUT2D eigenvalue weighted by atomic mass is 16.1. The molecule has 1 amide bonds. The third-order valence-electron chi connectivity index (χ3n) is 4.82. The summed E-state index contributed by atoms with van der Waals surface area (Å²) in [7, 11) is 1.64. The molecule has 2 unspecified atom stereocenters. The summed E-state index contributed by atoms with van der Waals surface area (Å²) in [5, 5.41) is 7.08. The first kappa shape index (κ1) is 15.3. The average molecular weight is 302 g/mol. The van der Waals surface area contributed by atoms with Gasteiger partial charge in [-0.15, -0.1) is 0 Å². The van der Waals surface area contributed by atoms with Gasteiger partial charge in [-0.05, 0) is 50.6 Å². The van der Waals surface area contributed by atoms with Crippen molar-refractivity contribution in [3.63, 3.8) is 0 Å². The zero-order valence-electron chi connectivity index (χ0n) is 13.4. The molecule has 0 aromatic carbocycles. The van der Waals surface area contributed by atoms with E-state index in [2.05, 4.69) is 27.5 Å². The monoisotopic (exact) mass is 302 g/mol. The van der Waals surface area contributed by atoms with Gasteiger partial charge < -0.3 is 10.2 Å². The van der Waals surface area contributed by atoms with E-state index in [0.717, 1.165) is 18.9 Å². The lowest BCUT2D eigenvalue weighted by Gasteiger charge is -2.35. The molecule has 1 N–H and O–H groups in total. The predicted molar refractivity (Wildman–Crippen MR) is 86.8 cm³/mol. The molecule has 22 heavy (non-hydrogen) atoms. The Labute approximate surface area is 132 Å². The van der Waals surface area contributed by atoms with Crippen LogP contribution in [0.4, 0.5) is 0 Å². The van der Waals surface area contributed by atoms with Crippen molar-refractivity contribution in [1.82, 2.24) is 20.0 Å². The maximum absolute atomic E-state index is 11.6. The van der Waals surface area contributed by atoms with Crippen molar-refractivity contribution in [3.05, 3.63) is 30.1 Å². The minimum atomic E-state index is -0.111. The zero-order chi connectivity index (χ0) is 15.4. The molecular weight excluding hydrogens is 276 g/mol. The van der Waals surface area contributed by atoms with Gasteiger partial charge in [0.05, 0.1) is 6.04 Å². The van der Waals surface area contributed by atoms with Gasteiger partial charge in [0.2, 0.25) is 0 Å². The molecule has 0 bridgehead atoms. The number of aromatic nitrogens is 2. The van der Waals surface area contributed by atoms with Gasteiger partial charge in [0, 0.05) is 26.3 Å². The fraction of sp³-hybridized carbons (Fsp3) is 0.647. The molecule has 120 valence electrons. The normalized spacial score (nSPS) is 26.0. The molecule has 1 aliphatic heterocycles.